The van der Waals surface area contributed by atoms with Crippen molar-refractivity contribution in [2.75, 3.05) is 6.54 Å². The van der Waals surface area contributed by atoms with E-state index in [-0.39, 0.29) is 10.8 Å². The first-order chi connectivity index (χ1) is 7.90. The van der Waals surface area contributed by atoms with Crippen LogP contribution >= 0.6 is 0 Å². The van der Waals surface area contributed by atoms with Crippen molar-refractivity contribution in [2.45, 2.75) is 77.9 Å². The Morgan fingerprint density at radius 3 is 2.71 bits per heavy atom. The van der Waals surface area contributed by atoms with Gasteiger partial charge in [0.25, 0.3) is 0 Å². The third-order valence-electron chi connectivity index (χ3n) is 6.08. The summed E-state index contributed by atoms with van der Waals surface area (Å²) in [6, 6.07) is 0.445. The van der Waals surface area contributed by atoms with Gasteiger partial charge in [0.15, 0.2) is 0 Å². The highest BCUT2D eigenvalue weighted by atomic mass is 19.1. The molecule has 1 heterocycles. The molecule has 0 aromatic heterocycles. The van der Waals surface area contributed by atoms with Gasteiger partial charge in [-0.1, -0.05) is 33.6 Å². The smallest absolute Gasteiger partial charge is 0.117 e. The SMILES string of the molecule is CCCCC1(F)CC2(C)C(C)NCCCC12C. The lowest BCUT2D eigenvalue weighted by Gasteiger charge is -2.67. The third-order valence-corrected chi connectivity index (χ3v) is 6.08. The fourth-order valence-corrected chi connectivity index (χ4v) is 4.32. The van der Waals surface area contributed by atoms with Crippen molar-refractivity contribution < 1.29 is 4.39 Å². The molecular weight excluding hydrogens is 213 g/mol. The molecule has 0 aromatic carbocycles. The summed E-state index contributed by atoms with van der Waals surface area (Å²) in [5.74, 6) is 0. The van der Waals surface area contributed by atoms with Crippen molar-refractivity contribution in [1.82, 2.24) is 5.32 Å². The molecule has 0 aromatic rings. The number of alkyl halides is 1. The molecular formula is C15H28FN. The second-order valence-electron chi connectivity index (χ2n) is 6.77. The Hall–Kier alpha value is -0.110. The molecule has 1 nitrogen and oxygen atoms in total. The Bertz CT molecular complexity index is 293. The molecule has 17 heavy (non-hydrogen) atoms. The van der Waals surface area contributed by atoms with Crippen molar-refractivity contribution in [3.8, 4) is 0 Å². The van der Waals surface area contributed by atoms with Gasteiger partial charge in [-0.3, -0.25) is 0 Å². The van der Waals surface area contributed by atoms with Gasteiger partial charge in [-0.05, 0) is 44.6 Å². The highest BCUT2D eigenvalue weighted by Crippen LogP contribution is 2.70. The Kier molecular flexibility index (Phi) is 3.31. The molecule has 4 atom stereocenters. The van der Waals surface area contributed by atoms with Gasteiger partial charge in [-0.25, -0.2) is 4.39 Å². The zero-order chi connectivity index (χ0) is 12.7. The monoisotopic (exact) mass is 241 g/mol. The zero-order valence-corrected chi connectivity index (χ0v) is 11.9. The first-order valence-electron chi connectivity index (χ1n) is 7.32. The molecule has 0 radical (unpaired) electrons. The molecule has 2 aliphatic rings. The Balaban J connectivity index is 2.21. The minimum Gasteiger partial charge on any atom is -0.314 e. The standard InChI is InChI=1S/C15H28FN/c1-5-6-9-15(16)11-13(3)12(2)17-10-7-8-14(13,15)4/h12,17H,5-11H2,1-4H3. The average Bonchev–Trinajstić information content (AvgIpc) is 2.38. The molecule has 2 heteroatoms. The van der Waals surface area contributed by atoms with E-state index >= 15 is 4.39 Å². The van der Waals surface area contributed by atoms with Crippen LogP contribution in [-0.4, -0.2) is 18.3 Å². The Labute approximate surface area is 106 Å². The molecule has 1 aliphatic heterocycles. The van der Waals surface area contributed by atoms with Crippen LogP contribution in [0, 0.1) is 10.8 Å². The van der Waals surface area contributed by atoms with Gasteiger partial charge in [0.1, 0.15) is 5.67 Å². The first-order valence-corrected chi connectivity index (χ1v) is 7.32. The van der Waals surface area contributed by atoms with Crippen LogP contribution in [0.5, 0.6) is 0 Å². The molecule has 1 saturated heterocycles. The summed E-state index contributed by atoms with van der Waals surface area (Å²) < 4.78 is 15.2. The van der Waals surface area contributed by atoms with Gasteiger partial charge in [0, 0.05) is 11.5 Å². The van der Waals surface area contributed by atoms with Crippen LogP contribution in [0.4, 0.5) is 4.39 Å². The normalized spacial score (nSPS) is 50.3. The van der Waals surface area contributed by atoms with Crippen molar-refractivity contribution in [2.24, 2.45) is 10.8 Å². The zero-order valence-electron chi connectivity index (χ0n) is 11.9. The third kappa shape index (κ3) is 1.67. The molecule has 1 N–H and O–H groups in total. The van der Waals surface area contributed by atoms with Crippen molar-refractivity contribution in [3.05, 3.63) is 0 Å². The van der Waals surface area contributed by atoms with E-state index < -0.39 is 5.67 Å². The molecule has 1 aliphatic carbocycles. The Morgan fingerprint density at radius 1 is 1.35 bits per heavy atom. The van der Waals surface area contributed by atoms with Gasteiger partial charge in [0.05, 0.1) is 0 Å². The molecule has 2 fully saturated rings. The lowest BCUT2D eigenvalue weighted by atomic mass is 9.39. The summed E-state index contributed by atoms with van der Waals surface area (Å²) >= 11 is 0. The van der Waals surface area contributed by atoms with E-state index in [0.29, 0.717) is 6.04 Å². The molecule has 0 bridgehead atoms. The fourth-order valence-electron chi connectivity index (χ4n) is 4.32. The number of rotatable bonds is 3. The lowest BCUT2D eigenvalue weighted by molar-refractivity contribution is -0.225. The maximum atomic E-state index is 15.2. The van der Waals surface area contributed by atoms with E-state index in [1.807, 2.05) is 0 Å². The number of halogens is 1. The van der Waals surface area contributed by atoms with Crippen molar-refractivity contribution >= 4 is 0 Å². The lowest BCUT2D eigenvalue weighted by Crippen LogP contribution is -2.69. The van der Waals surface area contributed by atoms with E-state index in [1.165, 1.54) is 0 Å². The van der Waals surface area contributed by atoms with Crippen LogP contribution in [0.25, 0.3) is 0 Å². The Morgan fingerprint density at radius 2 is 2.06 bits per heavy atom. The minimum absolute atomic E-state index is 0.113. The van der Waals surface area contributed by atoms with Gasteiger partial charge in [-0.2, -0.15) is 0 Å². The van der Waals surface area contributed by atoms with Gasteiger partial charge in [0.2, 0.25) is 0 Å². The summed E-state index contributed by atoms with van der Waals surface area (Å²) in [5, 5.41) is 3.57. The summed E-state index contributed by atoms with van der Waals surface area (Å²) in [6.45, 7) is 9.94. The van der Waals surface area contributed by atoms with E-state index in [1.54, 1.807) is 0 Å². The van der Waals surface area contributed by atoms with Crippen molar-refractivity contribution in [3.63, 3.8) is 0 Å². The fraction of sp³-hybridized carbons (Fsp3) is 1.00. The summed E-state index contributed by atoms with van der Waals surface area (Å²) in [5.41, 5.74) is -0.873. The van der Waals surface area contributed by atoms with Gasteiger partial charge >= 0.3 is 0 Å². The number of unbranched alkanes of at least 4 members (excludes halogenated alkanes) is 1. The number of nitrogens with one attached hydrogen (secondary N) is 1. The molecule has 1 saturated carbocycles. The van der Waals surface area contributed by atoms with E-state index in [9.17, 15) is 0 Å². The predicted molar refractivity (Wildman–Crippen MR) is 70.9 cm³/mol. The highest BCUT2D eigenvalue weighted by molar-refractivity contribution is 5.20. The topological polar surface area (TPSA) is 12.0 Å². The van der Waals surface area contributed by atoms with Crippen molar-refractivity contribution in [1.29, 1.82) is 0 Å². The summed E-state index contributed by atoms with van der Waals surface area (Å²) in [4.78, 5) is 0. The first kappa shape index (κ1) is 13.3. The number of fused-ring (bicyclic) bond motifs is 1. The molecule has 2 rings (SSSR count). The van der Waals surface area contributed by atoms with Crippen LogP contribution in [0.2, 0.25) is 0 Å². The second-order valence-corrected chi connectivity index (χ2v) is 6.77. The van der Waals surface area contributed by atoms with Crippen LogP contribution in [0.15, 0.2) is 0 Å². The maximum absolute atomic E-state index is 15.2. The average molecular weight is 241 g/mol. The number of hydrogen-bond donors (Lipinski definition) is 1. The molecule has 0 amide bonds. The minimum atomic E-state index is -0.905. The quantitative estimate of drug-likeness (QED) is 0.785. The summed E-state index contributed by atoms with van der Waals surface area (Å²) in [7, 11) is 0. The highest BCUT2D eigenvalue weighted by Gasteiger charge is 2.70. The van der Waals surface area contributed by atoms with Crippen LogP contribution in [-0.2, 0) is 0 Å². The largest absolute Gasteiger partial charge is 0.314 e. The number of hydrogen-bond acceptors (Lipinski definition) is 1. The summed E-state index contributed by atoms with van der Waals surface area (Å²) in [6.07, 6.45) is 5.82. The second kappa shape index (κ2) is 4.22. The predicted octanol–water partition coefficient (Wildman–Crippen LogP) is 4.07. The van der Waals surface area contributed by atoms with E-state index in [0.717, 1.165) is 45.1 Å². The molecule has 4 unspecified atom stereocenters. The van der Waals surface area contributed by atoms with Gasteiger partial charge in [-0.15, -0.1) is 0 Å². The van der Waals surface area contributed by atoms with Crippen LogP contribution < -0.4 is 5.32 Å². The molecule has 100 valence electrons. The van der Waals surface area contributed by atoms with Gasteiger partial charge < -0.3 is 5.32 Å². The van der Waals surface area contributed by atoms with E-state index in [4.69, 9.17) is 0 Å². The maximum Gasteiger partial charge on any atom is 0.117 e. The molecule has 0 spiro atoms. The van der Waals surface area contributed by atoms with E-state index in [2.05, 4.69) is 33.0 Å². The van der Waals surface area contributed by atoms with Crippen LogP contribution in [0.1, 0.15) is 66.2 Å². The van der Waals surface area contributed by atoms with Crippen LogP contribution in [0.3, 0.4) is 0 Å².